The standard InChI is InChI=1S/C26H22N4O5S2/c1-17-23(14-22(36-17)24(31)29-21-8-7-18(15-27)13-20(21)25(32)33)37(34,35)30-11-9-26(16-28,10-12-30)19-5-3-2-4-6-19/h2-8,13-14H,9-12H2,1H3,(H,29,31)(H,32,33). The zero-order valence-corrected chi connectivity index (χ0v) is 21.4. The molecule has 1 saturated heterocycles. The van der Waals surface area contributed by atoms with Gasteiger partial charge >= 0.3 is 5.97 Å². The Labute approximate surface area is 218 Å². The lowest BCUT2D eigenvalue weighted by atomic mass is 9.74. The number of piperidine rings is 1. The number of nitriles is 2. The molecule has 9 nitrogen and oxygen atoms in total. The minimum absolute atomic E-state index is 0.00301. The molecule has 1 aliphatic heterocycles. The molecule has 2 N–H and O–H groups in total. The fourth-order valence-corrected chi connectivity index (χ4v) is 7.28. The molecule has 1 fully saturated rings. The molecule has 0 aliphatic carbocycles. The van der Waals surface area contributed by atoms with Crippen molar-refractivity contribution in [2.75, 3.05) is 18.4 Å². The first-order chi connectivity index (χ1) is 17.6. The normalized spacial score (nSPS) is 15.3. The quantitative estimate of drug-likeness (QED) is 0.482. The van der Waals surface area contributed by atoms with Gasteiger partial charge in [0.05, 0.1) is 44.1 Å². The van der Waals surface area contributed by atoms with Crippen LogP contribution in [0.4, 0.5) is 5.69 Å². The van der Waals surface area contributed by atoms with E-state index in [1.807, 2.05) is 36.4 Å². The zero-order valence-electron chi connectivity index (χ0n) is 19.8. The smallest absolute Gasteiger partial charge is 0.337 e. The Morgan fingerprint density at radius 2 is 1.76 bits per heavy atom. The topological polar surface area (TPSA) is 151 Å². The molecular weight excluding hydrogens is 512 g/mol. The second-order valence-corrected chi connectivity index (χ2v) is 11.8. The van der Waals surface area contributed by atoms with Crippen molar-refractivity contribution < 1.29 is 23.1 Å². The number of carbonyl (C=O) groups excluding carboxylic acids is 1. The van der Waals surface area contributed by atoms with Crippen LogP contribution in [0.1, 0.15) is 48.9 Å². The first kappa shape index (κ1) is 26.0. The first-order valence-corrected chi connectivity index (χ1v) is 13.5. The largest absolute Gasteiger partial charge is 0.478 e. The van der Waals surface area contributed by atoms with Gasteiger partial charge in [0.25, 0.3) is 5.91 Å². The van der Waals surface area contributed by atoms with Crippen molar-refractivity contribution in [3.63, 3.8) is 0 Å². The molecule has 3 aromatic rings. The minimum Gasteiger partial charge on any atom is -0.478 e. The molecule has 4 rings (SSSR count). The number of thiophene rings is 1. The van der Waals surface area contributed by atoms with Crippen molar-refractivity contribution in [3.8, 4) is 12.1 Å². The van der Waals surface area contributed by atoms with Crippen molar-refractivity contribution in [2.45, 2.75) is 30.1 Å². The molecule has 0 radical (unpaired) electrons. The summed E-state index contributed by atoms with van der Waals surface area (Å²) < 4.78 is 28.3. The predicted octanol–water partition coefficient (Wildman–Crippen LogP) is 4.12. The Kier molecular flexibility index (Phi) is 7.14. The Balaban J connectivity index is 1.54. The third-order valence-corrected chi connectivity index (χ3v) is 9.66. The van der Waals surface area contributed by atoms with Crippen LogP contribution in [0.2, 0.25) is 0 Å². The van der Waals surface area contributed by atoms with Gasteiger partial charge in [0.1, 0.15) is 0 Å². The lowest BCUT2D eigenvalue weighted by Gasteiger charge is -2.36. The van der Waals surface area contributed by atoms with Crippen molar-refractivity contribution >= 4 is 38.9 Å². The maximum Gasteiger partial charge on any atom is 0.337 e. The molecule has 2 heterocycles. The number of benzene rings is 2. The third kappa shape index (κ3) is 4.98. The number of anilines is 1. The monoisotopic (exact) mass is 534 g/mol. The van der Waals surface area contributed by atoms with Crippen LogP contribution in [0, 0.1) is 29.6 Å². The Morgan fingerprint density at radius 3 is 2.35 bits per heavy atom. The summed E-state index contributed by atoms with van der Waals surface area (Å²) in [5, 5.41) is 30.8. The maximum absolute atomic E-state index is 13.5. The minimum atomic E-state index is -3.93. The molecule has 2 aromatic carbocycles. The highest BCUT2D eigenvalue weighted by Crippen LogP contribution is 2.38. The summed E-state index contributed by atoms with van der Waals surface area (Å²) >= 11 is 0.986. The number of carboxylic acid groups (broad SMARTS) is 1. The Bertz CT molecular complexity index is 1560. The van der Waals surface area contributed by atoms with Gasteiger partial charge in [0, 0.05) is 18.0 Å². The van der Waals surface area contributed by atoms with Crippen LogP contribution in [0.3, 0.4) is 0 Å². The van der Waals surface area contributed by atoms with Crippen LogP contribution >= 0.6 is 11.3 Å². The van der Waals surface area contributed by atoms with Gasteiger partial charge in [-0.25, -0.2) is 13.2 Å². The second kappa shape index (κ2) is 10.1. The first-order valence-electron chi connectivity index (χ1n) is 11.3. The van der Waals surface area contributed by atoms with Crippen molar-refractivity contribution in [3.05, 3.63) is 81.0 Å². The van der Waals surface area contributed by atoms with Gasteiger partial charge in [-0.3, -0.25) is 4.79 Å². The molecule has 1 aromatic heterocycles. The van der Waals surface area contributed by atoms with Crippen LogP contribution in [0.5, 0.6) is 0 Å². The van der Waals surface area contributed by atoms with E-state index in [-0.39, 0.29) is 39.7 Å². The Morgan fingerprint density at radius 1 is 1.08 bits per heavy atom. The lowest BCUT2D eigenvalue weighted by molar-refractivity contribution is 0.0698. The van der Waals surface area contributed by atoms with Crippen molar-refractivity contribution in [2.24, 2.45) is 0 Å². The van der Waals surface area contributed by atoms with E-state index in [0.29, 0.717) is 17.7 Å². The van der Waals surface area contributed by atoms with E-state index in [9.17, 15) is 28.4 Å². The summed E-state index contributed by atoms with van der Waals surface area (Å²) in [5.41, 5.74) is -0.0167. The molecule has 0 atom stereocenters. The van der Waals surface area contributed by atoms with E-state index in [4.69, 9.17) is 5.26 Å². The summed E-state index contributed by atoms with van der Waals surface area (Å²) in [5.74, 6) is -1.97. The molecule has 1 aliphatic rings. The van der Waals surface area contributed by atoms with Gasteiger partial charge < -0.3 is 10.4 Å². The molecule has 0 spiro atoms. The number of aryl methyl sites for hydroxylation is 1. The molecular formula is C26H22N4O5S2. The lowest BCUT2D eigenvalue weighted by Crippen LogP contribution is -2.44. The number of carbonyl (C=O) groups is 2. The molecule has 1 amide bonds. The summed E-state index contributed by atoms with van der Waals surface area (Å²) in [6, 6.07) is 18.7. The van der Waals surface area contributed by atoms with E-state index < -0.39 is 27.3 Å². The summed E-state index contributed by atoms with van der Waals surface area (Å²) in [6.07, 6.45) is 0.694. The maximum atomic E-state index is 13.5. The van der Waals surface area contributed by atoms with Crippen LogP contribution in [-0.2, 0) is 15.4 Å². The number of sulfonamides is 1. The van der Waals surface area contributed by atoms with Gasteiger partial charge in [-0.2, -0.15) is 14.8 Å². The van der Waals surface area contributed by atoms with E-state index in [0.717, 1.165) is 23.0 Å². The molecule has 0 bridgehead atoms. The molecule has 11 heteroatoms. The number of rotatable bonds is 6. The second-order valence-electron chi connectivity index (χ2n) is 8.63. The molecule has 188 valence electrons. The van der Waals surface area contributed by atoms with Crippen LogP contribution in [-0.4, -0.2) is 42.8 Å². The summed E-state index contributed by atoms with van der Waals surface area (Å²) in [4.78, 5) is 25.0. The zero-order chi connectivity index (χ0) is 26.8. The highest BCUT2D eigenvalue weighted by Gasteiger charge is 2.40. The number of nitrogens with zero attached hydrogens (tertiary/aromatic N) is 3. The van der Waals surface area contributed by atoms with Gasteiger partial charge in [-0.05, 0) is 49.6 Å². The number of aromatic carboxylic acids is 1. The summed E-state index contributed by atoms with van der Waals surface area (Å²) in [7, 11) is -3.93. The van der Waals surface area contributed by atoms with Crippen LogP contribution in [0.25, 0.3) is 0 Å². The molecule has 37 heavy (non-hydrogen) atoms. The van der Waals surface area contributed by atoms with Gasteiger partial charge in [0.15, 0.2) is 0 Å². The van der Waals surface area contributed by atoms with Crippen LogP contribution < -0.4 is 5.32 Å². The fraction of sp³-hybridized carbons (Fsp3) is 0.231. The number of hydrogen-bond acceptors (Lipinski definition) is 7. The highest BCUT2D eigenvalue weighted by atomic mass is 32.2. The SMILES string of the molecule is Cc1sc(C(=O)Nc2ccc(C#N)cc2C(=O)O)cc1S(=O)(=O)N1CCC(C#N)(c2ccccc2)CC1. The highest BCUT2D eigenvalue weighted by molar-refractivity contribution is 7.89. The van der Waals surface area contributed by atoms with Crippen LogP contribution in [0.15, 0.2) is 59.5 Å². The number of hydrogen-bond donors (Lipinski definition) is 2. The third-order valence-electron chi connectivity index (χ3n) is 6.46. The average Bonchev–Trinajstić information content (AvgIpc) is 3.32. The number of nitrogens with one attached hydrogen (secondary N) is 1. The van der Waals surface area contributed by atoms with Gasteiger partial charge in [-0.15, -0.1) is 11.3 Å². The average molecular weight is 535 g/mol. The predicted molar refractivity (Wildman–Crippen MR) is 137 cm³/mol. The molecule has 0 unspecified atom stereocenters. The van der Waals surface area contributed by atoms with E-state index in [1.165, 1.54) is 22.5 Å². The molecule has 0 saturated carbocycles. The van der Waals surface area contributed by atoms with E-state index >= 15 is 0 Å². The van der Waals surface area contributed by atoms with E-state index in [2.05, 4.69) is 11.4 Å². The number of amides is 1. The number of carboxylic acids is 1. The summed E-state index contributed by atoms with van der Waals surface area (Å²) in [6.45, 7) is 1.93. The van der Waals surface area contributed by atoms with Gasteiger partial charge in [0.2, 0.25) is 10.0 Å². The Hall–Kier alpha value is -4.03. The van der Waals surface area contributed by atoms with Crippen molar-refractivity contribution in [1.29, 1.82) is 10.5 Å². The van der Waals surface area contributed by atoms with E-state index in [1.54, 1.807) is 6.92 Å². The fourth-order valence-electron chi connectivity index (χ4n) is 4.39. The van der Waals surface area contributed by atoms with Gasteiger partial charge in [-0.1, -0.05) is 30.3 Å². The van der Waals surface area contributed by atoms with Crippen molar-refractivity contribution in [1.82, 2.24) is 4.31 Å².